The van der Waals surface area contributed by atoms with Crippen LogP contribution >= 0.6 is 0 Å². The van der Waals surface area contributed by atoms with Crippen molar-refractivity contribution in [3.05, 3.63) is 102 Å². The Bertz CT molecular complexity index is 1580. The van der Waals surface area contributed by atoms with Crippen molar-refractivity contribution in [2.75, 3.05) is 37.8 Å². The van der Waals surface area contributed by atoms with E-state index in [1.54, 1.807) is 12.1 Å². The molecule has 8 heteroatoms. The second-order valence-electron chi connectivity index (χ2n) is 13.2. The molecule has 0 radical (unpaired) electrons. The van der Waals surface area contributed by atoms with Crippen LogP contribution in [0.1, 0.15) is 69.2 Å². The number of rotatable bonds is 8. The van der Waals surface area contributed by atoms with Gasteiger partial charge in [0.05, 0.1) is 43.7 Å². The van der Waals surface area contributed by atoms with Crippen LogP contribution in [0.25, 0.3) is 22.4 Å². The average molecular weight is 673 g/mol. The predicted molar refractivity (Wildman–Crippen MR) is 195 cm³/mol. The average Bonchev–Trinajstić information content (AvgIpc) is 3.46. The lowest BCUT2D eigenvalue weighted by molar-refractivity contribution is -0.151. The first kappa shape index (κ1) is 37.8. The van der Waals surface area contributed by atoms with Crippen LogP contribution in [-0.4, -0.2) is 64.9 Å². The number of nitrogens with zero attached hydrogens (tertiary/aromatic N) is 2. The summed E-state index contributed by atoms with van der Waals surface area (Å²) in [7, 11) is 0. The molecule has 0 unspecified atom stereocenters. The number of carbonyl (C=O) groups excluding carboxylic acids is 1. The minimum atomic E-state index is -0.462. The lowest BCUT2D eigenvalue weighted by Gasteiger charge is -2.35. The van der Waals surface area contributed by atoms with Crippen LogP contribution in [-0.2, 0) is 22.5 Å². The smallest absolute Gasteiger partial charge is 0.308 e. The van der Waals surface area contributed by atoms with E-state index in [2.05, 4.69) is 96.5 Å². The van der Waals surface area contributed by atoms with E-state index in [9.17, 15) is 9.18 Å². The van der Waals surface area contributed by atoms with Gasteiger partial charge in [-0.05, 0) is 85.9 Å². The third-order valence-corrected chi connectivity index (χ3v) is 9.11. The number of ether oxygens (including phenoxy) is 1. The Morgan fingerprint density at radius 2 is 1.49 bits per heavy atom. The van der Waals surface area contributed by atoms with Crippen LogP contribution in [0.2, 0.25) is 0 Å². The number of hydrogen-bond donors (Lipinski definition) is 3. The van der Waals surface area contributed by atoms with Crippen LogP contribution < -0.4 is 4.90 Å². The van der Waals surface area contributed by atoms with Gasteiger partial charge in [-0.2, -0.15) is 0 Å². The van der Waals surface area contributed by atoms with Gasteiger partial charge >= 0.3 is 5.97 Å². The minimum Gasteiger partial charge on any atom is -0.465 e. The lowest BCUT2D eigenvalue weighted by Crippen LogP contribution is -2.35. The van der Waals surface area contributed by atoms with E-state index in [-0.39, 0.29) is 31.4 Å². The summed E-state index contributed by atoms with van der Waals surface area (Å²) in [4.78, 5) is 12.9. The highest BCUT2D eigenvalue weighted by atomic mass is 19.1. The molecule has 0 saturated carbocycles. The maximum atomic E-state index is 13.9. The van der Waals surface area contributed by atoms with Gasteiger partial charge in [0, 0.05) is 37.3 Å². The first-order valence-electron chi connectivity index (χ1n) is 17.6. The molecule has 2 aliphatic rings. The van der Waals surface area contributed by atoms with E-state index in [1.807, 2.05) is 12.1 Å². The number of hydrogen-bond acceptors (Lipinski definition) is 6. The molecular formula is C41H53FN2O5. The van der Waals surface area contributed by atoms with Gasteiger partial charge in [0.25, 0.3) is 0 Å². The fourth-order valence-corrected chi connectivity index (χ4v) is 6.73. The molecule has 6 rings (SSSR count). The van der Waals surface area contributed by atoms with Crippen molar-refractivity contribution in [1.82, 2.24) is 4.57 Å². The maximum absolute atomic E-state index is 13.9. The summed E-state index contributed by atoms with van der Waals surface area (Å²) in [6.45, 7) is 12.1. The van der Waals surface area contributed by atoms with Gasteiger partial charge in [0.1, 0.15) is 5.82 Å². The standard InChI is InChI=1S/C34H39FN2.C5H8O3.C2H6O2/c1-5-37-32(24(2)3)34(36-21-19-27(20-22-36)23-26-9-7-6-8-10-26)31(28-13-11-25(4)12-14-28)33(37)29-15-17-30(35)18-16-29;6-4-1-2-8-5(7)3-4;3-1-2-4/h6-18,24,27H,5,19-23H2,1-4H3;4,6H,1-3H2;3-4H,1-2H2/t;4-;/m.1./s1. The van der Waals surface area contributed by atoms with Crippen LogP contribution in [0.5, 0.6) is 0 Å². The second-order valence-corrected chi connectivity index (χ2v) is 13.2. The van der Waals surface area contributed by atoms with E-state index in [0.29, 0.717) is 24.9 Å². The Hall–Kier alpha value is -3.98. The monoisotopic (exact) mass is 672 g/mol. The van der Waals surface area contributed by atoms with Crippen LogP contribution in [0.15, 0.2) is 78.9 Å². The van der Waals surface area contributed by atoms with Gasteiger partial charge in [-0.15, -0.1) is 0 Å². The summed E-state index contributed by atoms with van der Waals surface area (Å²) < 4.78 is 21.0. The van der Waals surface area contributed by atoms with Crippen LogP contribution in [0, 0.1) is 18.7 Å². The zero-order valence-electron chi connectivity index (χ0n) is 29.4. The van der Waals surface area contributed by atoms with Crippen molar-refractivity contribution in [2.45, 2.75) is 78.4 Å². The van der Waals surface area contributed by atoms with Crippen molar-refractivity contribution in [1.29, 1.82) is 0 Å². The molecule has 1 atom stereocenters. The molecule has 2 aliphatic heterocycles. The van der Waals surface area contributed by atoms with E-state index < -0.39 is 6.10 Å². The van der Waals surface area contributed by atoms with Gasteiger partial charge in [0.15, 0.2) is 0 Å². The van der Waals surface area contributed by atoms with Gasteiger partial charge in [0.2, 0.25) is 0 Å². The summed E-state index contributed by atoms with van der Waals surface area (Å²) in [5.41, 5.74) is 10.3. The summed E-state index contributed by atoms with van der Waals surface area (Å²) in [6, 6.07) is 26.9. The van der Waals surface area contributed by atoms with Gasteiger partial charge in [-0.3, -0.25) is 4.79 Å². The van der Waals surface area contributed by atoms with E-state index in [1.165, 1.54) is 52.2 Å². The van der Waals surface area contributed by atoms with Gasteiger partial charge in [-0.1, -0.05) is 74.0 Å². The number of halogens is 1. The molecule has 2 fully saturated rings. The number of aliphatic hydroxyl groups excluding tert-OH is 3. The van der Waals surface area contributed by atoms with Crippen LogP contribution in [0.4, 0.5) is 10.1 Å². The fourth-order valence-electron chi connectivity index (χ4n) is 6.73. The van der Waals surface area contributed by atoms with E-state index in [4.69, 9.17) is 15.3 Å². The van der Waals surface area contributed by atoms with Crippen molar-refractivity contribution in [3.8, 4) is 22.4 Å². The van der Waals surface area contributed by atoms with Gasteiger partial charge in [-0.25, -0.2) is 4.39 Å². The predicted octanol–water partition coefficient (Wildman–Crippen LogP) is 7.53. The number of aromatic nitrogens is 1. The normalized spacial score (nSPS) is 16.4. The Morgan fingerprint density at radius 1 is 0.878 bits per heavy atom. The number of benzene rings is 3. The van der Waals surface area contributed by atoms with Crippen molar-refractivity contribution in [3.63, 3.8) is 0 Å². The third kappa shape index (κ3) is 10.3. The summed E-state index contributed by atoms with van der Waals surface area (Å²) >= 11 is 0. The summed E-state index contributed by atoms with van der Waals surface area (Å²) in [5, 5.41) is 24.0. The van der Waals surface area contributed by atoms with Gasteiger partial charge < -0.3 is 29.5 Å². The van der Waals surface area contributed by atoms with Crippen molar-refractivity contribution >= 4 is 11.7 Å². The summed E-state index contributed by atoms with van der Waals surface area (Å²) in [5.74, 6) is 0.605. The highest BCUT2D eigenvalue weighted by Gasteiger charge is 2.31. The molecule has 0 aliphatic carbocycles. The lowest BCUT2D eigenvalue weighted by atomic mass is 9.89. The summed E-state index contributed by atoms with van der Waals surface area (Å²) in [6.07, 6.45) is 3.85. The molecule has 4 aromatic rings. The van der Waals surface area contributed by atoms with Crippen molar-refractivity contribution in [2.24, 2.45) is 5.92 Å². The number of aryl methyl sites for hydroxylation is 1. The minimum absolute atomic E-state index is 0.125. The molecule has 7 nitrogen and oxygen atoms in total. The molecule has 2 saturated heterocycles. The number of esters is 1. The first-order valence-corrected chi connectivity index (χ1v) is 17.6. The Balaban J connectivity index is 0.000000383. The maximum Gasteiger partial charge on any atom is 0.308 e. The Labute approximate surface area is 291 Å². The van der Waals surface area contributed by atoms with Crippen LogP contribution in [0.3, 0.4) is 0 Å². The zero-order chi connectivity index (χ0) is 35.3. The number of aliphatic hydroxyl groups is 3. The molecule has 3 N–H and O–H groups in total. The zero-order valence-corrected chi connectivity index (χ0v) is 29.4. The molecule has 1 aromatic heterocycles. The molecule has 264 valence electrons. The molecule has 3 aromatic carbocycles. The van der Waals surface area contributed by atoms with Crippen molar-refractivity contribution < 1.29 is 29.2 Å². The molecule has 49 heavy (non-hydrogen) atoms. The highest BCUT2D eigenvalue weighted by molar-refractivity contribution is 5.94. The molecule has 0 amide bonds. The first-order chi connectivity index (χ1) is 23.7. The Kier molecular flexibility index (Phi) is 14.4. The number of anilines is 1. The van der Waals surface area contributed by atoms with E-state index >= 15 is 0 Å². The fraction of sp³-hybridized carbons (Fsp3) is 0.439. The quantitative estimate of drug-likeness (QED) is 0.168. The molecule has 0 bridgehead atoms. The molecule has 3 heterocycles. The SMILES string of the molecule is CCn1c(-c2ccc(F)cc2)c(-c2ccc(C)cc2)c(N2CCC(Cc3ccccc3)CC2)c1C(C)C.O=C1C[C@H](O)CCO1.OCCO. The highest BCUT2D eigenvalue weighted by Crippen LogP contribution is 2.48. The number of carbonyl (C=O) groups is 1. The topological polar surface area (TPSA) is 95.2 Å². The largest absolute Gasteiger partial charge is 0.465 e. The molecule has 0 spiro atoms. The van der Waals surface area contributed by atoms with E-state index in [0.717, 1.165) is 31.6 Å². The number of cyclic esters (lactones) is 1. The Morgan fingerprint density at radius 3 is 2.00 bits per heavy atom. The third-order valence-electron chi connectivity index (χ3n) is 9.11. The second kappa shape index (κ2) is 18.7. The molecular weight excluding hydrogens is 619 g/mol. The number of piperidine rings is 1.